The molecule has 14 heavy (non-hydrogen) atoms. The Kier molecular flexibility index (Phi) is 3.13. The first-order valence-corrected chi connectivity index (χ1v) is 4.84. The third kappa shape index (κ3) is 2.25. The van der Waals surface area contributed by atoms with Crippen LogP contribution in [0.3, 0.4) is 0 Å². The molecule has 80 valence electrons. The molecule has 0 bridgehead atoms. The Balaban J connectivity index is 2.84. The van der Waals surface area contributed by atoms with E-state index >= 15 is 0 Å². The van der Waals surface area contributed by atoms with E-state index in [1.165, 1.54) is 7.11 Å². The Bertz CT molecular complexity index is 248. The molecule has 1 unspecified atom stereocenters. The highest BCUT2D eigenvalue weighted by Gasteiger charge is 2.38. The fourth-order valence-corrected chi connectivity index (χ4v) is 1.77. The van der Waals surface area contributed by atoms with Gasteiger partial charge in [-0.05, 0) is 18.3 Å². The van der Waals surface area contributed by atoms with Crippen molar-refractivity contribution in [3.63, 3.8) is 0 Å². The van der Waals surface area contributed by atoms with Gasteiger partial charge >= 0.3 is 5.97 Å². The zero-order valence-corrected chi connectivity index (χ0v) is 8.92. The van der Waals surface area contributed by atoms with Crippen molar-refractivity contribution in [2.24, 2.45) is 5.41 Å². The second-order valence-electron chi connectivity index (χ2n) is 4.37. The summed E-state index contributed by atoms with van der Waals surface area (Å²) in [5.41, 5.74) is -0.223. The van der Waals surface area contributed by atoms with Gasteiger partial charge in [0.1, 0.15) is 6.04 Å². The fraction of sp³-hybridized carbons (Fsp3) is 0.800. The molecule has 0 aliphatic carbocycles. The lowest BCUT2D eigenvalue weighted by Gasteiger charge is -2.30. The van der Waals surface area contributed by atoms with E-state index in [4.69, 9.17) is 0 Å². The Morgan fingerprint density at radius 3 is 2.79 bits per heavy atom. The van der Waals surface area contributed by atoms with E-state index < -0.39 is 6.04 Å². The van der Waals surface area contributed by atoms with Gasteiger partial charge in [0.25, 0.3) is 0 Å². The lowest BCUT2D eigenvalue weighted by molar-refractivity contribution is -0.148. The summed E-state index contributed by atoms with van der Waals surface area (Å²) in [5.74, 6) is -0.420. The first-order valence-electron chi connectivity index (χ1n) is 4.84. The lowest BCUT2D eigenvalue weighted by atomic mass is 9.81. The summed E-state index contributed by atoms with van der Waals surface area (Å²) in [4.78, 5) is 22.7. The molecule has 1 N–H and O–H groups in total. The van der Waals surface area contributed by atoms with Crippen LogP contribution in [0.2, 0.25) is 0 Å². The summed E-state index contributed by atoms with van der Waals surface area (Å²) in [6.45, 7) is 3.94. The lowest BCUT2D eigenvalue weighted by Crippen LogP contribution is -2.49. The van der Waals surface area contributed by atoms with Crippen LogP contribution in [-0.2, 0) is 14.3 Å². The molecule has 0 spiro atoms. The van der Waals surface area contributed by atoms with Crippen LogP contribution in [0.25, 0.3) is 0 Å². The summed E-state index contributed by atoms with van der Waals surface area (Å²) in [6, 6.07) is -0.512. The van der Waals surface area contributed by atoms with Gasteiger partial charge in [-0.1, -0.05) is 13.8 Å². The van der Waals surface area contributed by atoms with Gasteiger partial charge in [-0.2, -0.15) is 0 Å². The molecule has 4 nitrogen and oxygen atoms in total. The smallest absolute Gasteiger partial charge is 0.328 e. The monoisotopic (exact) mass is 199 g/mol. The minimum absolute atomic E-state index is 0.0639. The van der Waals surface area contributed by atoms with E-state index in [0.717, 1.165) is 12.8 Å². The number of amides is 1. The van der Waals surface area contributed by atoms with Crippen LogP contribution in [0.4, 0.5) is 0 Å². The largest absolute Gasteiger partial charge is 0.467 e. The number of ether oxygens (including phenoxy) is 1. The number of rotatable bonds is 1. The minimum atomic E-state index is -0.512. The van der Waals surface area contributed by atoms with Crippen LogP contribution < -0.4 is 5.32 Å². The molecular formula is C10H17NO3. The van der Waals surface area contributed by atoms with E-state index in [2.05, 4.69) is 10.1 Å². The normalized spacial score (nSPS) is 26.2. The van der Waals surface area contributed by atoms with E-state index in [-0.39, 0.29) is 17.3 Å². The molecule has 1 amide bonds. The predicted molar refractivity (Wildman–Crippen MR) is 51.6 cm³/mol. The van der Waals surface area contributed by atoms with Crippen molar-refractivity contribution in [2.75, 3.05) is 7.11 Å². The van der Waals surface area contributed by atoms with Gasteiger partial charge in [0.2, 0.25) is 5.91 Å². The molecule has 0 aromatic heterocycles. The standard InChI is InChI=1S/C10H17NO3/c1-10(2)6-4-5-7(12)11-8(10)9(13)14-3/h8H,4-6H2,1-3H3,(H,11,12). The number of hydrogen-bond acceptors (Lipinski definition) is 3. The molecule has 0 aromatic carbocycles. The number of methoxy groups -OCH3 is 1. The SMILES string of the molecule is COC(=O)C1NC(=O)CCCC1(C)C. The highest BCUT2D eigenvalue weighted by atomic mass is 16.5. The molecule has 1 aliphatic rings. The molecule has 1 rings (SSSR count). The molecule has 0 radical (unpaired) electrons. The number of carbonyl (C=O) groups is 2. The van der Waals surface area contributed by atoms with E-state index in [1.807, 2.05) is 13.8 Å². The van der Waals surface area contributed by atoms with Crippen molar-refractivity contribution in [2.45, 2.75) is 39.2 Å². The third-order valence-corrected chi connectivity index (χ3v) is 2.75. The van der Waals surface area contributed by atoms with Crippen molar-refractivity contribution in [3.05, 3.63) is 0 Å². The van der Waals surface area contributed by atoms with Crippen LogP contribution in [0.1, 0.15) is 33.1 Å². The Morgan fingerprint density at radius 1 is 1.57 bits per heavy atom. The van der Waals surface area contributed by atoms with Gasteiger partial charge in [-0.3, -0.25) is 4.79 Å². The zero-order chi connectivity index (χ0) is 10.8. The first-order chi connectivity index (χ1) is 6.47. The summed E-state index contributed by atoms with van der Waals surface area (Å²) in [5, 5.41) is 2.71. The summed E-state index contributed by atoms with van der Waals surface area (Å²) in [7, 11) is 1.34. The minimum Gasteiger partial charge on any atom is -0.467 e. The average Bonchev–Trinajstić information content (AvgIpc) is 2.24. The highest BCUT2D eigenvalue weighted by Crippen LogP contribution is 2.30. The van der Waals surface area contributed by atoms with Gasteiger partial charge in [0, 0.05) is 6.42 Å². The topological polar surface area (TPSA) is 55.4 Å². The number of hydrogen-bond donors (Lipinski definition) is 1. The van der Waals surface area contributed by atoms with Gasteiger partial charge in [-0.15, -0.1) is 0 Å². The first kappa shape index (κ1) is 11.0. The van der Waals surface area contributed by atoms with Crippen LogP contribution in [0, 0.1) is 5.41 Å². The number of esters is 1. The zero-order valence-electron chi connectivity index (χ0n) is 8.92. The molecule has 1 fully saturated rings. The maximum atomic E-state index is 11.4. The van der Waals surface area contributed by atoms with Crippen LogP contribution >= 0.6 is 0 Å². The van der Waals surface area contributed by atoms with Crippen molar-refractivity contribution in [1.29, 1.82) is 0 Å². The molecule has 1 aliphatic heterocycles. The van der Waals surface area contributed by atoms with Crippen LogP contribution in [0.15, 0.2) is 0 Å². The summed E-state index contributed by atoms with van der Waals surface area (Å²) >= 11 is 0. The second kappa shape index (κ2) is 3.98. The molecule has 0 saturated carbocycles. The van der Waals surface area contributed by atoms with Gasteiger partial charge in [0.05, 0.1) is 7.11 Å². The second-order valence-corrected chi connectivity index (χ2v) is 4.37. The van der Waals surface area contributed by atoms with Crippen LogP contribution in [0.5, 0.6) is 0 Å². The Hall–Kier alpha value is -1.06. The van der Waals surface area contributed by atoms with Crippen molar-refractivity contribution in [1.82, 2.24) is 5.32 Å². The molecule has 1 heterocycles. The quantitative estimate of drug-likeness (QED) is 0.637. The Morgan fingerprint density at radius 2 is 2.21 bits per heavy atom. The fourth-order valence-electron chi connectivity index (χ4n) is 1.77. The molecule has 4 heteroatoms. The molecule has 1 saturated heterocycles. The molecule has 1 atom stereocenters. The van der Waals surface area contributed by atoms with Crippen molar-refractivity contribution in [3.8, 4) is 0 Å². The van der Waals surface area contributed by atoms with Gasteiger partial charge < -0.3 is 10.1 Å². The van der Waals surface area contributed by atoms with E-state index in [0.29, 0.717) is 6.42 Å². The highest BCUT2D eigenvalue weighted by molar-refractivity contribution is 5.85. The summed E-state index contributed by atoms with van der Waals surface area (Å²) < 4.78 is 4.68. The average molecular weight is 199 g/mol. The van der Waals surface area contributed by atoms with Crippen molar-refractivity contribution < 1.29 is 14.3 Å². The van der Waals surface area contributed by atoms with E-state index in [9.17, 15) is 9.59 Å². The maximum absolute atomic E-state index is 11.4. The van der Waals surface area contributed by atoms with E-state index in [1.54, 1.807) is 0 Å². The number of carbonyl (C=O) groups excluding carboxylic acids is 2. The van der Waals surface area contributed by atoms with Crippen LogP contribution in [-0.4, -0.2) is 25.0 Å². The van der Waals surface area contributed by atoms with Gasteiger partial charge in [-0.25, -0.2) is 4.79 Å². The Labute approximate surface area is 84.0 Å². The third-order valence-electron chi connectivity index (χ3n) is 2.75. The van der Waals surface area contributed by atoms with Gasteiger partial charge in [0.15, 0.2) is 0 Å². The van der Waals surface area contributed by atoms with Crippen molar-refractivity contribution >= 4 is 11.9 Å². The summed E-state index contributed by atoms with van der Waals surface area (Å²) in [6.07, 6.45) is 2.18. The molecular weight excluding hydrogens is 182 g/mol. The predicted octanol–water partition coefficient (Wildman–Crippen LogP) is 0.854. The number of nitrogens with one attached hydrogen (secondary N) is 1. The maximum Gasteiger partial charge on any atom is 0.328 e. The molecule has 0 aromatic rings.